The molecule has 1 aromatic heterocycles. The van der Waals surface area contributed by atoms with E-state index in [0.717, 1.165) is 37.3 Å². The Bertz CT molecular complexity index is 336. The van der Waals surface area contributed by atoms with Crippen LogP contribution in [0, 0.1) is 0 Å². The number of anilines is 1. The van der Waals surface area contributed by atoms with E-state index < -0.39 is 0 Å². The summed E-state index contributed by atoms with van der Waals surface area (Å²) in [6, 6.07) is 0. The Morgan fingerprint density at radius 2 is 2.33 bits per heavy atom. The van der Waals surface area contributed by atoms with E-state index in [4.69, 9.17) is 4.74 Å². The predicted octanol–water partition coefficient (Wildman–Crippen LogP) is 0.563. The van der Waals surface area contributed by atoms with Crippen LogP contribution < -0.4 is 15.4 Å². The van der Waals surface area contributed by atoms with E-state index in [-0.39, 0.29) is 0 Å². The van der Waals surface area contributed by atoms with Crippen molar-refractivity contribution >= 4 is 5.95 Å². The quantitative estimate of drug-likeness (QED) is 0.760. The number of hydrogen-bond acceptors (Lipinski definition) is 5. The maximum atomic E-state index is 5.28. The summed E-state index contributed by atoms with van der Waals surface area (Å²) in [5.74, 6) is 1.36. The van der Waals surface area contributed by atoms with E-state index >= 15 is 0 Å². The Kier molecular flexibility index (Phi) is 3.01. The molecular formula is C10H16N4O. The summed E-state index contributed by atoms with van der Waals surface area (Å²) < 4.78 is 5.28. The first-order valence-electron chi connectivity index (χ1n) is 5.23. The molecule has 0 bridgehead atoms. The molecule has 0 spiro atoms. The molecule has 82 valence electrons. The average molecular weight is 208 g/mol. The summed E-state index contributed by atoms with van der Waals surface area (Å²) in [5.41, 5.74) is 2.18. The van der Waals surface area contributed by atoms with Crippen LogP contribution in [0.1, 0.15) is 18.2 Å². The summed E-state index contributed by atoms with van der Waals surface area (Å²) in [6.07, 6.45) is 0.935. The largest absolute Gasteiger partial charge is 0.481 e. The molecule has 1 aliphatic heterocycles. The summed E-state index contributed by atoms with van der Waals surface area (Å²) >= 11 is 0. The highest BCUT2D eigenvalue weighted by Crippen LogP contribution is 2.23. The molecule has 0 saturated carbocycles. The van der Waals surface area contributed by atoms with E-state index in [1.54, 1.807) is 7.11 Å². The van der Waals surface area contributed by atoms with Crippen molar-refractivity contribution in [3.63, 3.8) is 0 Å². The van der Waals surface area contributed by atoms with Crippen molar-refractivity contribution < 1.29 is 4.74 Å². The van der Waals surface area contributed by atoms with Crippen LogP contribution >= 0.6 is 0 Å². The Labute approximate surface area is 89.3 Å². The number of methoxy groups -OCH3 is 1. The average Bonchev–Trinajstić information content (AvgIpc) is 2.28. The number of rotatable bonds is 3. The van der Waals surface area contributed by atoms with Crippen LogP contribution in [0.5, 0.6) is 5.88 Å². The zero-order valence-corrected chi connectivity index (χ0v) is 9.13. The molecule has 2 rings (SSSR count). The van der Waals surface area contributed by atoms with Crippen LogP contribution in [0.4, 0.5) is 5.95 Å². The molecule has 0 aliphatic carbocycles. The summed E-state index contributed by atoms with van der Waals surface area (Å²) in [5, 5.41) is 6.39. The van der Waals surface area contributed by atoms with Gasteiger partial charge in [-0.1, -0.05) is 0 Å². The van der Waals surface area contributed by atoms with Crippen molar-refractivity contribution in [3.8, 4) is 5.88 Å². The van der Waals surface area contributed by atoms with Crippen LogP contribution in [0.2, 0.25) is 0 Å². The predicted molar refractivity (Wildman–Crippen MR) is 58.2 cm³/mol. The van der Waals surface area contributed by atoms with Gasteiger partial charge in [-0.3, -0.25) is 0 Å². The molecule has 0 amide bonds. The van der Waals surface area contributed by atoms with E-state index in [1.807, 2.05) is 6.92 Å². The van der Waals surface area contributed by atoms with Crippen LogP contribution in [-0.2, 0) is 13.0 Å². The molecule has 2 N–H and O–H groups in total. The SMILES string of the molecule is CCNc1nc2c(c(OC)n1)CCNC2. The van der Waals surface area contributed by atoms with Gasteiger partial charge < -0.3 is 15.4 Å². The van der Waals surface area contributed by atoms with Crippen LogP contribution in [0.3, 0.4) is 0 Å². The molecule has 0 unspecified atom stereocenters. The molecule has 1 aliphatic rings. The minimum atomic E-state index is 0.650. The third-order valence-electron chi connectivity index (χ3n) is 2.43. The standard InChI is InChI=1S/C10H16N4O/c1-3-12-10-13-8-6-11-5-4-7(8)9(14-10)15-2/h11H,3-6H2,1-2H3,(H,12,13,14). The second-order valence-corrected chi connectivity index (χ2v) is 3.44. The lowest BCUT2D eigenvalue weighted by Crippen LogP contribution is -2.26. The molecule has 0 atom stereocenters. The third-order valence-corrected chi connectivity index (χ3v) is 2.43. The van der Waals surface area contributed by atoms with Crippen LogP contribution in [0.15, 0.2) is 0 Å². The van der Waals surface area contributed by atoms with Crippen molar-refractivity contribution in [2.75, 3.05) is 25.5 Å². The number of aromatic nitrogens is 2. The molecule has 0 fully saturated rings. The lowest BCUT2D eigenvalue weighted by molar-refractivity contribution is 0.387. The number of nitrogens with one attached hydrogen (secondary N) is 2. The van der Waals surface area contributed by atoms with Gasteiger partial charge in [0, 0.05) is 18.7 Å². The van der Waals surface area contributed by atoms with Gasteiger partial charge in [0.05, 0.1) is 12.8 Å². The molecule has 15 heavy (non-hydrogen) atoms. The van der Waals surface area contributed by atoms with E-state index in [2.05, 4.69) is 20.6 Å². The van der Waals surface area contributed by atoms with Gasteiger partial charge in [-0.2, -0.15) is 4.98 Å². The van der Waals surface area contributed by atoms with Gasteiger partial charge >= 0.3 is 0 Å². The van der Waals surface area contributed by atoms with Gasteiger partial charge in [0.25, 0.3) is 0 Å². The molecule has 0 saturated heterocycles. The zero-order chi connectivity index (χ0) is 10.7. The molecule has 5 heteroatoms. The fourth-order valence-corrected chi connectivity index (χ4v) is 1.73. The van der Waals surface area contributed by atoms with Gasteiger partial charge in [0.2, 0.25) is 11.8 Å². The zero-order valence-electron chi connectivity index (χ0n) is 9.13. The van der Waals surface area contributed by atoms with Gasteiger partial charge in [0.15, 0.2) is 0 Å². The molecule has 0 aromatic carbocycles. The van der Waals surface area contributed by atoms with Crippen molar-refractivity contribution in [3.05, 3.63) is 11.3 Å². The van der Waals surface area contributed by atoms with Gasteiger partial charge in [-0.25, -0.2) is 4.98 Å². The molecule has 5 nitrogen and oxygen atoms in total. The highest BCUT2D eigenvalue weighted by molar-refractivity contribution is 5.39. The first-order chi connectivity index (χ1) is 7.35. The number of fused-ring (bicyclic) bond motifs is 1. The lowest BCUT2D eigenvalue weighted by atomic mass is 10.1. The van der Waals surface area contributed by atoms with Crippen LogP contribution in [-0.4, -0.2) is 30.2 Å². The van der Waals surface area contributed by atoms with Gasteiger partial charge in [-0.05, 0) is 19.9 Å². The highest BCUT2D eigenvalue weighted by Gasteiger charge is 2.17. The van der Waals surface area contributed by atoms with Crippen molar-refractivity contribution in [2.24, 2.45) is 0 Å². The van der Waals surface area contributed by atoms with Crippen LogP contribution in [0.25, 0.3) is 0 Å². The van der Waals surface area contributed by atoms with E-state index in [1.165, 1.54) is 0 Å². The Morgan fingerprint density at radius 3 is 3.07 bits per heavy atom. The maximum absolute atomic E-state index is 5.28. The van der Waals surface area contributed by atoms with Gasteiger partial charge in [0.1, 0.15) is 0 Å². The maximum Gasteiger partial charge on any atom is 0.226 e. The number of hydrogen-bond donors (Lipinski definition) is 2. The van der Waals surface area contributed by atoms with Crippen molar-refractivity contribution in [1.82, 2.24) is 15.3 Å². The number of nitrogens with zero attached hydrogens (tertiary/aromatic N) is 2. The van der Waals surface area contributed by atoms with E-state index in [0.29, 0.717) is 11.8 Å². The Morgan fingerprint density at radius 1 is 1.47 bits per heavy atom. The molecule has 1 aromatic rings. The minimum absolute atomic E-state index is 0.650. The molecule has 0 radical (unpaired) electrons. The summed E-state index contributed by atoms with van der Waals surface area (Å²) in [6.45, 7) is 4.60. The highest BCUT2D eigenvalue weighted by atomic mass is 16.5. The third kappa shape index (κ3) is 2.02. The fraction of sp³-hybridized carbons (Fsp3) is 0.600. The molecular weight excluding hydrogens is 192 g/mol. The van der Waals surface area contributed by atoms with E-state index in [9.17, 15) is 0 Å². The lowest BCUT2D eigenvalue weighted by Gasteiger charge is -2.19. The first-order valence-corrected chi connectivity index (χ1v) is 5.23. The fourth-order valence-electron chi connectivity index (χ4n) is 1.73. The smallest absolute Gasteiger partial charge is 0.226 e. The van der Waals surface area contributed by atoms with Crippen molar-refractivity contribution in [2.45, 2.75) is 19.9 Å². The second-order valence-electron chi connectivity index (χ2n) is 3.44. The monoisotopic (exact) mass is 208 g/mol. The summed E-state index contributed by atoms with van der Waals surface area (Å²) in [4.78, 5) is 8.77. The topological polar surface area (TPSA) is 59.1 Å². The van der Waals surface area contributed by atoms with Crippen molar-refractivity contribution in [1.29, 1.82) is 0 Å². The number of ether oxygens (including phenoxy) is 1. The normalized spacial score (nSPS) is 14.5. The summed E-state index contributed by atoms with van der Waals surface area (Å²) in [7, 11) is 1.65. The molecule has 2 heterocycles. The Hall–Kier alpha value is -1.36. The Balaban J connectivity index is 2.38. The first kappa shape index (κ1) is 10.2. The van der Waals surface area contributed by atoms with Gasteiger partial charge in [-0.15, -0.1) is 0 Å². The minimum Gasteiger partial charge on any atom is -0.481 e. The second kappa shape index (κ2) is 4.44.